The second-order valence-corrected chi connectivity index (χ2v) is 4.12. The fourth-order valence-corrected chi connectivity index (χ4v) is 1.08. The average molecular weight is 196 g/mol. The lowest BCUT2D eigenvalue weighted by atomic mass is 9.87. The van der Waals surface area contributed by atoms with Crippen LogP contribution in [0.15, 0.2) is 0 Å². The van der Waals surface area contributed by atoms with E-state index in [0.717, 1.165) is 6.42 Å². The molecule has 0 aliphatic carbocycles. The van der Waals surface area contributed by atoms with E-state index in [9.17, 15) is 4.79 Å². The van der Waals surface area contributed by atoms with Crippen LogP contribution in [0, 0.1) is 5.41 Å². The van der Waals surface area contributed by atoms with E-state index in [2.05, 4.69) is 20.8 Å². The maximum absolute atomic E-state index is 10.2. The third-order valence-electron chi connectivity index (χ3n) is 1.31. The van der Waals surface area contributed by atoms with Gasteiger partial charge < -0.3 is 10.8 Å². The Morgan fingerprint density at radius 3 is 2.17 bits per heavy atom. The Kier molecular flexibility index (Phi) is 6.39. The highest BCUT2D eigenvalue weighted by Crippen LogP contribution is 2.20. The number of carboxylic acids is 1. The van der Waals surface area contributed by atoms with E-state index in [0.29, 0.717) is 0 Å². The van der Waals surface area contributed by atoms with E-state index in [-0.39, 0.29) is 30.3 Å². The van der Waals surface area contributed by atoms with Crippen molar-refractivity contribution in [1.82, 2.24) is 0 Å². The van der Waals surface area contributed by atoms with Gasteiger partial charge in [0, 0.05) is 6.04 Å². The minimum Gasteiger partial charge on any atom is -0.481 e. The molecule has 3 N–H and O–H groups in total. The highest BCUT2D eigenvalue weighted by Gasteiger charge is 2.17. The molecule has 0 aromatic rings. The zero-order valence-corrected chi connectivity index (χ0v) is 8.65. The van der Waals surface area contributed by atoms with Gasteiger partial charge in [0.25, 0.3) is 0 Å². The average Bonchev–Trinajstić information content (AvgIpc) is 1.53. The number of hydrogen-bond acceptors (Lipinski definition) is 2. The minimum atomic E-state index is -0.818. The summed E-state index contributed by atoms with van der Waals surface area (Å²) >= 11 is 0. The van der Waals surface area contributed by atoms with Crippen LogP contribution in [0.3, 0.4) is 0 Å². The number of aliphatic carboxylic acids is 1. The first-order valence-electron chi connectivity index (χ1n) is 3.78. The summed E-state index contributed by atoms with van der Waals surface area (Å²) < 4.78 is 0. The van der Waals surface area contributed by atoms with E-state index in [1.165, 1.54) is 0 Å². The van der Waals surface area contributed by atoms with E-state index in [1.807, 2.05) is 0 Å². The van der Waals surface area contributed by atoms with Crippen molar-refractivity contribution in [2.45, 2.75) is 39.7 Å². The summed E-state index contributed by atoms with van der Waals surface area (Å²) in [5.74, 6) is -0.818. The van der Waals surface area contributed by atoms with Crippen molar-refractivity contribution in [1.29, 1.82) is 0 Å². The molecule has 0 amide bonds. The number of rotatable bonds is 3. The molecule has 0 spiro atoms. The maximum Gasteiger partial charge on any atom is 0.304 e. The van der Waals surface area contributed by atoms with Crippen molar-refractivity contribution < 1.29 is 9.90 Å². The third-order valence-corrected chi connectivity index (χ3v) is 1.31. The topological polar surface area (TPSA) is 63.3 Å². The minimum absolute atomic E-state index is 0. The van der Waals surface area contributed by atoms with Gasteiger partial charge in [-0.3, -0.25) is 4.79 Å². The Hall–Kier alpha value is -0.280. The van der Waals surface area contributed by atoms with Gasteiger partial charge in [0.1, 0.15) is 0 Å². The van der Waals surface area contributed by atoms with Crippen LogP contribution in [0.4, 0.5) is 0 Å². The van der Waals surface area contributed by atoms with Crippen LogP contribution >= 0.6 is 12.4 Å². The number of nitrogens with two attached hydrogens (primary N) is 1. The Morgan fingerprint density at radius 2 is 1.92 bits per heavy atom. The zero-order chi connectivity index (χ0) is 9.07. The standard InChI is InChI=1S/C8H17NO2.ClH/c1-8(2,3)5-6(9)4-7(10)11;/h6H,4-5,9H2,1-3H3,(H,10,11);1H. The molecule has 0 aromatic carbocycles. The quantitative estimate of drug-likeness (QED) is 0.720. The Balaban J connectivity index is 0. The lowest BCUT2D eigenvalue weighted by Crippen LogP contribution is -2.28. The highest BCUT2D eigenvalue weighted by molar-refractivity contribution is 5.85. The number of carbonyl (C=O) groups is 1. The van der Waals surface area contributed by atoms with Gasteiger partial charge in [-0.2, -0.15) is 0 Å². The van der Waals surface area contributed by atoms with Gasteiger partial charge in [-0.1, -0.05) is 20.8 Å². The summed E-state index contributed by atoms with van der Waals surface area (Å²) in [6.45, 7) is 6.15. The van der Waals surface area contributed by atoms with Gasteiger partial charge in [0.2, 0.25) is 0 Å². The lowest BCUT2D eigenvalue weighted by molar-refractivity contribution is -0.137. The first kappa shape index (κ1) is 14.3. The van der Waals surface area contributed by atoms with Crippen molar-refractivity contribution in [2.75, 3.05) is 0 Å². The molecule has 0 radical (unpaired) electrons. The molecule has 74 valence electrons. The molecule has 0 saturated heterocycles. The molecule has 0 heterocycles. The predicted octanol–water partition coefficient (Wildman–Crippen LogP) is 1.65. The van der Waals surface area contributed by atoms with Crippen molar-refractivity contribution >= 4 is 18.4 Å². The molecule has 0 aliphatic rings. The van der Waals surface area contributed by atoms with Crippen LogP contribution in [0.2, 0.25) is 0 Å². The number of hydrogen-bond donors (Lipinski definition) is 2. The fraction of sp³-hybridized carbons (Fsp3) is 0.875. The normalized spacial score (nSPS) is 13.3. The van der Waals surface area contributed by atoms with Gasteiger partial charge in [-0.15, -0.1) is 12.4 Å². The molecular formula is C8H18ClNO2. The molecular weight excluding hydrogens is 178 g/mol. The molecule has 0 aliphatic heterocycles. The third kappa shape index (κ3) is 9.72. The van der Waals surface area contributed by atoms with Gasteiger partial charge >= 0.3 is 5.97 Å². The summed E-state index contributed by atoms with van der Waals surface area (Å²) in [5.41, 5.74) is 5.70. The maximum atomic E-state index is 10.2. The molecule has 3 nitrogen and oxygen atoms in total. The Labute approximate surface area is 79.7 Å². The first-order chi connectivity index (χ1) is 4.81. The Morgan fingerprint density at radius 1 is 1.50 bits per heavy atom. The molecule has 1 unspecified atom stereocenters. The van der Waals surface area contributed by atoms with Crippen molar-refractivity contribution in [3.8, 4) is 0 Å². The second kappa shape index (κ2) is 5.38. The molecule has 0 fully saturated rings. The number of halogens is 1. The summed E-state index contributed by atoms with van der Waals surface area (Å²) in [7, 11) is 0. The molecule has 4 heteroatoms. The van der Waals surface area contributed by atoms with Crippen molar-refractivity contribution in [3.05, 3.63) is 0 Å². The van der Waals surface area contributed by atoms with Crippen LogP contribution in [0.1, 0.15) is 33.6 Å². The monoisotopic (exact) mass is 195 g/mol. The number of carboxylic acid groups (broad SMARTS) is 1. The van der Waals surface area contributed by atoms with Crippen LogP contribution in [-0.4, -0.2) is 17.1 Å². The lowest BCUT2D eigenvalue weighted by Gasteiger charge is -2.21. The summed E-state index contributed by atoms with van der Waals surface area (Å²) in [5, 5.41) is 8.40. The summed E-state index contributed by atoms with van der Waals surface area (Å²) in [6, 6.07) is -0.215. The van der Waals surface area contributed by atoms with Gasteiger partial charge in [-0.05, 0) is 11.8 Å². The Bertz CT molecular complexity index is 142. The van der Waals surface area contributed by atoms with Crippen LogP contribution < -0.4 is 5.73 Å². The van der Waals surface area contributed by atoms with E-state index < -0.39 is 5.97 Å². The van der Waals surface area contributed by atoms with E-state index in [1.54, 1.807) is 0 Å². The van der Waals surface area contributed by atoms with Crippen molar-refractivity contribution in [3.63, 3.8) is 0 Å². The fourth-order valence-electron chi connectivity index (χ4n) is 1.08. The van der Waals surface area contributed by atoms with Crippen LogP contribution in [0.5, 0.6) is 0 Å². The first-order valence-corrected chi connectivity index (χ1v) is 3.78. The van der Waals surface area contributed by atoms with Crippen molar-refractivity contribution in [2.24, 2.45) is 11.1 Å². The highest BCUT2D eigenvalue weighted by atomic mass is 35.5. The predicted molar refractivity (Wildman–Crippen MR) is 51.5 cm³/mol. The molecule has 0 saturated carbocycles. The van der Waals surface area contributed by atoms with Gasteiger partial charge in [0.15, 0.2) is 0 Å². The second-order valence-electron chi connectivity index (χ2n) is 4.12. The molecule has 0 rings (SSSR count). The summed E-state index contributed by atoms with van der Waals surface area (Å²) in [4.78, 5) is 10.2. The largest absolute Gasteiger partial charge is 0.481 e. The molecule has 0 bridgehead atoms. The smallest absolute Gasteiger partial charge is 0.304 e. The zero-order valence-electron chi connectivity index (χ0n) is 7.83. The van der Waals surface area contributed by atoms with Crippen LogP contribution in [-0.2, 0) is 4.79 Å². The molecule has 1 atom stereocenters. The van der Waals surface area contributed by atoms with E-state index in [4.69, 9.17) is 10.8 Å². The van der Waals surface area contributed by atoms with Gasteiger partial charge in [0.05, 0.1) is 6.42 Å². The SMILES string of the molecule is CC(C)(C)CC(N)CC(=O)O.Cl. The molecule has 0 aromatic heterocycles. The van der Waals surface area contributed by atoms with E-state index >= 15 is 0 Å². The van der Waals surface area contributed by atoms with Crippen LogP contribution in [0.25, 0.3) is 0 Å². The van der Waals surface area contributed by atoms with Gasteiger partial charge in [-0.25, -0.2) is 0 Å². The summed E-state index contributed by atoms with van der Waals surface area (Å²) in [6.07, 6.45) is 0.816. The molecule has 12 heavy (non-hydrogen) atoms.